The molecule has 0 radical (unpaired) electrons. The third-order valence-corrected chi connectivity index (χ3v) is 2.54. The highest BCUT2D eigenvalue weighted by Crippen LogP contribution is 2.23. The van der Waals surface area contributed by atoms with Crippen LogP contribution in [0.2, 0.25) is 0 Å². The summed E-state index contributed by atoms with van der Waals surface area (Å²) in [6, 6.07) is 2.08. The van der Waals surface area contributed by atoms with Gasteiger partial charge in [-0.05, 0) is 25.0 Å². The van der Waals surface area contributed by atoms with Crippen LogP contribution in [0.4, 0.5) is 0 Å². The molecule has 1 aliphatic rings. The zero-order valence-electron chi connectivity index (χ0n) is 9.32. The van der Waals surface area contributed by atoms with Gasteiger partial charge in [-0.2, -0.15) is 5.10 Å². The van der Waals surface area contributed by atoms with Crippen molar-refractivity contribution in [2.45, 2.75) is 19.8 Å². The van der Waals surface area contributed by atoms with Gasteiger partial charge in [0.05, 0.1) is 18.5 Å². The molecule has 1 aliphatic heterocycles. The van der Waals surface area contributed by atoms with Gasteiger partial charge in [-0.25, -0.2) is 4.99 Å². The van der Waals surface area contributed by atoms with E-state index < -0.39 is 0 Å². The van der Waals surface area contributed by atoms with Crippen LogP contribution in [0.15, 0.2) is 17.3 Å². The molecule has 0 fully saturated rings. The van der Waals surface area contributed by atoms with E-state index in [0.717, 1.165) is 30.1 Å². The number of ether oxygens (including phenoxy) is 1. The molecule has 0 aliphatic carbocycles. The summed E-state index contributed by atoms with van der Waals surface area (Å²) < 4.78 is 6.99. The maximum absolute atomic E-state index is 5.09. The first-order valence-corrected chi connectivity index (χ1v) is 5.01. The van der Waals surface area contributed by atoms with Gasteiger partial charge in [0.2, 0.25) is 0 Å². The Morgan fingerprint density at radius 1 is 1.40 bits per heavy atom. The maximum atomic E-state index is 5.09. The molecular weight excluding hydrogens is 190 g/mol. The molecule has 0 bridgehead atoms. The molecule has 0 aromatic carbocycles. The Kier molecular flexibility index (Phi) is 2.58. The second-order valence-electron chi connectivity index (χ2n) is 3.68. The average molecular weight is 205 g/mol. The molecule has 4 nitrogen and oxygen atoms in total. The lowest BCUT2D eigenvalue weighted by molar-refractivity contribution is 0.389. The fourth-order valence-corrected chi connectivity index (χ4v) is 1.78. The predicted octanol–water partition coefficient (Wildman–Crippen LogP) is 1.91. The van der Waals surface area contributed by atoms with E-state index in [1.807, 2.05) is 24.9 Å². The minimum atomic E-state index is 0.803. The second-order valence-corrected chi connectivity index (χ2v) is 3.68. The van der Waals surface area contributed by atoms with Gasteiger partial charge < -0.3 is 4.74 Å². The number of hydrogen-bond acceptors (Lipinski definition) is 3. The van der Waals surface area contributed by atoms with Crippen molar-refractivity contribution in [1.29, 1.82) is 0 Å². The first-order valence-electron chi connectivity index (χ1n) is 5.01. The first-order chi connectivity index (χ1) is 7.20. The topological polar surface area (TPSA) is 39.4 Å². The van der Waals surface area contributed by atoms with Crippen molar-refractivity contribution in [2.24, 2.45) is 12.0 Å². The standard InChI is InChI=1S/C11H15N3O/c1-8-6-10(14(2)13-8)9-4-5-11(15-3)12-7-9/h6-7H,4-5H2,1-3H3. The summed E-state index contributed by atoms with van der Waals surface area (Å²) in [4.78, 5) is 4.25. The summed E-state index contributed by atoms with van der Waals surface area (Å²) in [7, 11) is 3.62. The highest BCUT2D eigenvalue weighted by Gasteiger charge is 2.13. The Hall–Kier alpha value is -1.58. The van der Waals surface area contributed by atoms with E-state index in [2.05, 4.69) is 16.2 Å². The van der Waals surface area contributed by atoms with E-state index in [1.165, 1.54) is 5.57 Å². The van der Waals surface area contributed by atoms with Crippen LogP contribution in [0.3, 0.4) is 0 Å². The largest absolute Gasteiger partial charge is 0.484 e. The molecule has 2 rings (SSSR count). The Morgan fingerprint density at radius 3 is 2.67 bits per heavy atom. The average Bonchev–Trinajstić information content (AvgIpc) is 2.58. The van der Waals surface area contributed by atoms with Crippen molar-refractivity contribution >= 4 is 11.5 Å². The van der Waals surface area contributed by atoms with Crippen molar-refractivity contribution < 1.29 is 4.74 Å². The monoisotopic (exact) mass is 205 g/mol. The van der Waals surface area contributed by atoms with Gasteiger partial charge in [0.1, 0.15) is 0 Å². The fraction of sp³-hybridized carbons (Fsp3) is 0.455. The van der Waals surface area contributed by atoms with Crippen molar-refractivity contribution in [1.82, 2.24) is 9.78 Å². The van der Waals surface area contributed by atoms with Crippen LogP contribution < -0.4 is 0 Å². The zero-order chi connectivity index (χ0) is 10.8. The summed E-state index contributed by atoms with van der Waals surface area (Å²) in [5.41, 5.74) is 3.40. The third-order valence-electron chi connectivity index (χ3n) is 2.54. The molecule has 0 saturated carbocycles. The van der Waals surface area contributed by atoms with E-state index in [-0.39, 0.29) is 0 Å². The van der Waals surface area contributed by atoms with Gasteiger partial charge in [-0.3, -0.25) is 4.68 Å². The van der Waals surface area contributed by atoms with Gasteiger partial charge in [-0.1, -0.05) is 0 Å². The molecule has 0 saturated heterocycles. The normalized spacial score (nSPS) is 15.9. The Balaban J connectivity index is 2.30. The van der Waals surface area contributed by atoms with Crippen LogP contribution in [0.5, 0.6) is 0 Å². The van der Waals surface area contributed by atoms with E-state index in [9.17, 15) is 0 Å². The van der Waals surface area contributed by atoms with Crippen LogP contribution in [0, 0.1) is 6.92 Å². The molecule has 0 spiro atoms. The van der Waals surface area contributed by atoms with E-state index >= 15 is 0 Å². The minimum absolute atomic E-state index is 0.803. The second kappa shape index (κ2) is 3.88. The van der Waals surface area contributed by atoms with Crippen molar-refractivity contribution in [3.05, 3.63) is 23.7 Å². The lowest BCUT2D eigenvalue weighted by Crippen LogP contribution is -2.06. The lowest BCUT2D eigenvalue weighted by atomic mass is 10.1. The van der Waals surface area contributed by atoms with Gasteiger partial charge >= 0.3 is 0 Å². The molecular formula is C11H15N3O. The van der Waals surface area contributed by atoms with Crippen LogP contribution in [-0.4, -0.2) is 22.8 Å². The number of methoxy groups -OCH3 is 1. The molecule has 2 heterocycles. The summed E-state index contributed by atoms with van der Waals surface area (Å²) in [6.45, 7) is 2.00. The highest BCUT2D eigenvalue weighted by molar-refractivity contribution is 5.82. The SMILES string of the molecule is COC1=NC=C(c2cc(C)nn2C)CC1. The molecule has 4 heteroatoms. The number of allylic oxidation sites excluding steroid dienone is 1. The van der Waals surface area contributed by atoms with E-state index in [0.29, 0.717) is 0 Å². The molecule has 0 amide bonds. The Morgan fingerprint density at radius 2 is 2.20 bits per heavy atom. The zero-order valence-corrected chi connectivity index (χ0v) is 9.32. The van der Waals surface area contributed by atoms with Crippen molar-refractivity contribution in [3.8, 4) is 0 Å². The number of aliphatic imine (C=N–C) groups is 1. The third kappa shape index (κ3) is 1.93. The van der Waals surface area contributed by atoms with Gasteiger partial charge in [-0.15, -0.1) is 0 Å². The number of aromatic nitrogens is 2. The smallest absolute Gasteiger partial charge is 0.187 e. The van der Waals surface area contributed by atoms with Crippen molar-refractivity contribution in [2.75, 3.05) is 7.11 Å². The Labute approximate surface area is 89.3 Å². The molecule has 0 N–H and O–H groups in total. The molecule has 0 atom stereocenters. The Bertz CT molecular complexity index is 429. The van der Waals surface area contributed by atoms with Gasteiger partial charge in [0.15, 0.2) is 5.90 Å². The minimum Gasteiger partial charge on any atom is -0.484 e. The first kappa shape index (κ1) is 9.96. The van der Waals surface area contributed by atoms with Crippen molar-refractivity contribution in [3.63, 3.8) is 0 Å². The van der Waals surface area contributed by atoms with E-state index in [4.69, 9.17) is 4.74 Å². The lowest BCUT2D eigenvalue weighted by Gasteiger charge is -2.12. The van der Waals surface area contributed by atoms with Crippen LogP contribution in [0.1, 0.15) is 24.2 Å². The molecule has 0 unspecified atom stereocenters. The molecule has 1 aromatic heterocycles. The van der Waals surface area contributed by atoms with Gasteiger partial charge in [0, 0.05) is 19.7 Å². The molecule has 1 aromatic rings. The summed E-state index contributed by atoms with van der Waals surface area (Å²) in [5.74, 6) is 0.803. The molecule has 15 heavy (non-hydrogen) atoms. The van der Waals surface area contributed by atoms with E-state index in [1.54, 1.807) is 7.11 Å². The molecule has 80 valence electrons. The number of rotatable bonds is 1. The predicted molar refractivity (Wildman–Crippen MR) is 59.6 cm³/mol. The number of aryl methyl sites for hydroxylation is 2. The van der Waals surface area contributed by atoms with Gasteiger partial charge in [0.25, 0.3) is 0 Å². The maximum Gasteiger partial charge on any atom is 0.187 e. The van der Waals surface area contributed by atoms with Crippen LogP contribution >= 0.6 is 0 Å². The van der Waals surface area contributed by atoms with Crippen LogP contribution in [-0.2, 0) is 11.8 Å². The highest BCUT2D eigenvalue weighted by atomic mass is 16.5. The fourth-order valence-electron chi connectivity index (χ4n) is 1.78. The summed E-state index contributed by atoms with van der Waals surface area (Å²) in [6.07, 6.45) is 3.71. The number of nitrogens with zero attached hydrogens (tertiary/aromatic N) is 3. The summed E-state index contributed by atoms with van der Waals surface area (Å²) >= 11 is 0. The van der Waals surface area contributed by atoms with Crippen LogP contribution in [0.25, 0.3) is 5.57 Å². The summed E-state index contributed by atoms with van der Waals surface area (Å²) in [5, 5.41) is 4.32. The quantitative estimate of drug-likeness (QED) is 0.702. The number of hydrogen-bond donors (Lipinski definition) is 0.